The number of rotatable bonds is 6. The van der Waals surface area contributed by atoms with Crippen molar-refractivity contribution in [3.05, 3.63) is 117 Å². The molecule has 4 aromatic rings. The van der Waals surface area contributed by atoms with Crippen LogP contribution in [0, 0.1) is 13.8 Å². The summed E-state index contributed by atoms with van der Waals surface area (Å²) in [5.74, 6) is 0.554. The first-order valence-corrected chi connectivity index (χ1v) is 13.3. The molecule has 0 unspecified atom stereocenters. The third-order valence-corrected chi connectivity index (χ3v) is 7.45. The normalized spacial score (nSPS) is 12.5. The smallest absolute Gasteiger partial charge is 0.196 e. The summed E-state index contributed by atoms with van der Waals surface area (Å²) in [7, 11) is 0. The molecular formula is C34H34N2O2. The van der Waals surface area contributed by atoms with Crippen molar-refractivity contribution >= 4 is 34.3 Å². The molecule has 192 valence electrons. The third kappa shape index (κ3) is 4.51. The van der Waals surface area contributed by atoms with E-state index >= 15 is 0 Å². The summed E-state index contributed by atoms with van der Waals surface area (Å²) in [4.78, 5) is 27.7. The number of hydrogen-bond acceptors (Lipinski definition) is 4. The average molecular weight is 503 g/mol. The van der Waals surface area contributed by atoms with Crippen molar-refractivity contribution in [1.82, 2.24) is 0 Å². The lowest BCUT2D eigenvalue weighted by atomic mass is 9.82. The van der Waals surface area contributed by atoms with Crippen molar-refractivity contribution in [2.75, 3.05) is 10.6 Å². The van der Waals surface area contributed by atoms with E-state index < -0.39 is 0 Å². The number of benzene rings is 4. The number of hydrogen-bond donors (Lipinski definition) is 2. The molecule has 0 aliphatic heterocycles. The topological polar surface area (TPSA) is 58.2 Å². The second kappa shape index (κ2) is 9.94. The Morgan fingerprint density at radius 3 is 1.24 bits per heavy atom. The molecule has 2 N–H and O–H groups in total. The van der Waals surface area contributed by atoms with Crippen LogP contribution in [0.4, 0.5) is 22.7 Å². The predicted octanol–water partition coefficient (Wildman–Crippen LogP) is 8.81. The van der Waals surface area contributed by atoms with Crippen LogP contribution in [0.1, 0.15) is 93.6 Å². The van der Waals surface area contributed by atoms with E-state index in [1.54, 1.807) is 24.3 Å². The Bertz CT molecular complexity index is 1460. The number of ketones is 2. The Kier molecular flexibility index (Phi) is 6.66. The summed E-state index contributed by atoms with van der Waals surface area (Å²) >= 11 is 0. The van der Waals surface area contributed by atoms with Crippen molar-refractivity contribution in [2.24, 2.45) is 0 Å². The highest BCUT2D eigenvalue weighted by Crippen LogP contribution is 2.39. The summed E-state index contributed by atoms with van der Waals surface area (Å²) in [5.41, 5.74) is 9.46. The van der Waals surface area contributed by atoms with Gasteiger partial charge in [-0.2, -0.15) is 0 Å². The number of aryl methyl sites for hydroxylation is 2. The zero-order valence-electron chi connectivity index (χ0n) is 22.9. The lowest BCUT2D eigenvalue weighted by Gasteiger charge is -2.25. The van der Waals surface area contributed by atoms with E-state index in [0.29, 0.717) is 45.5 Å². The Balaban J connectivity index is 1.63. The number of nitrogens with one attached hydrogen (secondary N) is 2. The van der Waals surface area contributed by atoms with E-state index in [-0.39, 0.29) is 11.6 Å². The maximum Gasteiger partial charge on any atom is 0.196 e. The van der Waals surface area contributed by atoms with Crippen LogP contribution in [-0.4, -0.2) is 11.6 Å². The van der Waals surface area contributed by atoms with Gasteiger partial charge in [-0.25, -0.2) is 0 Å². The molecule has 0 bridgehead atoms. The second-order valence-electron chi connectivity index (χ2n) is 10.8. The molecule has 0 saturated carbocycles. The largest absolute Gasteiger partial charge is 0.355 e. The van der Waals surface area contributed by atoms with Crippen molar-refractivity contribution in [3.8, 4) is 0 Å². The van der Waals surface area contributed by atoms with Crippen LogP contribution in [0.25, 0.3) is 0 Å². The monoisotopic (exact) mass is 502 g/mol. The van der Waals surface area contributed by atoms with Crippen LogP contribution in [0.3, 0.4) is 0 Å². The minimum Gasteiger partial charge on any atom is -0.355 e. The van der Waals surface area contributed by atoms with Gasteiger partial charge in [-0.05, 0) is 72.2 Å². The molecule has 1 aliphatic rings. The summed E-state index contributed by atoms with van der Waals surface area (Å²) in [6, 6.07) is 23.5. The highest BCUT2D eigenvalue weighted by Gasteiger charge is 2.34. The van der Waals surface area contributed by atoms with Gasteiger partial charge < -0.3 is 10.6 Å². The molecule has 38 heavy (non-hydrogen) atoms. The lowest BCUT2D eigenvalue weighted by molar-refractivity contribution is 0.0980. The molecule has 0 atom stereocenters. The maximum absolute atomic E-state index is 13.9. The van der Waals surface area contributed by atoms with Crippen LogP contribution in [-0.2, 0) is 0 Å². The third-order valence-electron chi connectivity index (χ3n) is 7.45. The standard InChI is InChI=1S/C34H34N2O2/c1-19(2)23-11-13-27(21(5)17-23)35-29-15-16-30(36-28-14-12-24(20(3)4)18-22(28)6)32-31(29)33(37)25-9-7-8-10-26(25)34(32)38/h7-20,35-36H,1-6H3. The van der Waals surface area contributed by atoms with E-state index in [1.807, 2.05) is 24.3 Å². The minimum absolute atomic E-state index is 0.148. The fourth-order valence-corrected chi connectivity index (χ4v) is 5.09. The molecule has 0 spiro atoms. The fraction of sp³-hybridized carbons (Fsp3) is 0.235. The number of carbonyl (C=O) groups excluding carboxylic acids is 2. The first-order valence-electron chi connectivity index (χ1n) is 13.3. The lowest BCUT2D eigenvalue weighted by Crippen LogP contribution is -2.23. The fourth-order valence-electron chi connectivity index (χ4n) is 5.09. The van der Waals surface area contributed by atoms with Gasteiger partial charge in [0.2, 0.25) is 0 Å². The molecule has 0 radical (unpaired) electrons. The number of anilines is 4. The first kappa shape index (κ1) is 25.5. The quantitative estimate of drug-likeness (QED) is 0.243. The van der Waals surface area contributed by atoms with Gasteiger partial charge >= 0.3 is 0 Å². The summed E-state index contributed by atoms with van der Waals surface area (Å²) in [6.45, 7) is 12.8. The maximum atomic E-state index is 13.9. The van der Waals surface area contributed by atoms with Gasteiger partial charge in [-0.3, -0.25) is 9.59 Å². The molecule has 4 aromatic carbocycles. The van der Waals surface area contributed by atoms with E-state index in [9.17, 15) is 9.59 Å². The van der Waals surface area contributed by atoms with Crippen LogP contribution in [0.15, 0.2) is 72.8 Å². The SMILES string of the molecule is Cc1cc(C(C)C)ccc1Nc1ccc(Nc2ccc(C(C)C)cc2C)c2c1C(=O)c1ccccc1C2=O. The van der Waals surface area contributed by atoms with Crippen LogP contribution >= 0.6 is 0 Å². The molecule has 4 nitrogen and oxygen atoms in total. The molecular weight excluding hydrogens is 468 g/mol. The van der Waals surface area contributed by atoms with E-state index in [2.05, 4.69) is 76.4 Å². The minimum atomic E-state index is -0.148. The Labute approximate surface area is 225 Å². The van der Waals surface area contributed by atoms with E-state index in [4.69, 9.17) is 0 Å². The summed E-state index contributed by atoms with van der Waals surface area (Å²) in [6.07, 6.45) is 0. The second-order valence-corrected chi connectivity index (χ2v) is 10.8. The molecule has 4 heteroatoms. The predicted molar refractivity (Wildman–Crippen MR) is 157 cm³/mol. The van der Waals surface area contributed by atoms with Crippen molar-refractivity contribution in [1.29, 1.82) is 0 Å². The average Bonchev–Trinajstić information content (AvgIpc) is 2.89. The first-order chi connectivity index (χ1) is 18.2. The summed E-state index contributed by atoms with van der Waals surface area (Å²) < 4.78 is 0. The van der Waals surface area contributed by atoms with Gasteiger partial charge in [0.1, 0.15) is 0 Å². The van der Waals surface area contributed by atoms with Gasteiger partial charge in [-0.15, -0.1) is 0 Å². The molecule has 0 amide bonds. The van der Waals surface area contributed by atoms with Crippen molar-refractivity contribution in [2.45, 2.75) is 53.4 Å². The Morgan fingerprint density at radius 1 is 0.526 bits per heavy atom. The van der Waals surface area contributed by atoms with E-state index in [1.165, 1.54) is 11.1 Å². The number of carbonyl (C=O) groups is 2. The summed E-state index contributed by atoms with van der Waals surface area (Å²) in [5, 5.41) is 6.94. The van der Waals surface area contributed by atoms with Crippen LogP contribution in [0.5, 0.6) is 0 Å². The van der Waals surface area contributed by atoms with Gasteiger partial charge in [0, 0.05) is 22.5 Å². The van der Waals surface area contributed by atoms with E-state index in [0.717, 1.165) is 22.5 Å². The number of fused-ring (bicyclic) bond motifs is 2. The van der Waals surface area contributed by atoms with Crippen molar-refractivity contribution in [3.63, 3.8) is 0 Å². The zero-order chi connectivity index (χ0) is 27.1. The van der Waals surface area contributed by atoms with Gasteiger partial charge in [0.15, 0.2) is 11.6 Å². The Morgan fingerprint density at radius 2 is 0.895 bits per heavy atom. The van der Waals surface area contributed by atoms with Crippen LogP contribution < -0.4 is 10.6 Å². The molecule has 1 aliphatic carbocycles. The van der Waals surface area contributed by atoms with Gasteiger partial charge in [0.25, 0.3) is 0 Å². The highest BCUT2D eigenvalue weighted by molar-refractivity contribution is 6.32. The molecule has 5 rings (SSSR count). The van der Waals surface area contributed by atoms with Gasteiger partial charge in [-0.1, -0.05) is 76.2 Å². The van der Waals surface area contributed by atoms with Crippen LogP contribution in [0.2, 0.25) is 0 Å². The zero-order valence-corrected chi connectivity index (χ0v) is 22.9. The highest BCUT2D eigenvalue weighted by atomic mass is 16.1. The molecule has 0 aromatic heterocycles. The molecule has 0 fully saturated rings. The molecule has 0 saturated heterocycles. The Hall–Kier alpha value is -4.18. The van der Waals surface area contributed by atoms with Crippen molar-refractivity contribution < 1.29 is 9.59 Å². The van der Waals surface area contributed by atoms with Gasteiger partial charge in [0.05, 0.1) is 22.5 Å². The molecule has 0 heterocycles.